The second-order valence-electron chi connectivity index (χ2n) is 2.62. The molecule has 2 aliphatic rings. The third-order valence-electron chi connectivity index (χ3n) is 1.95. The average Bonchev–Trinajstić information content (AvgIpc) is 2.45. The fraction of sp³-hybridized carbons (Fsp3) is 0.429. The van der Waals surface area contributed by atoms with E-state index in [0.29, 0.717) is 13.1 Å². The van der Waals surface area contributed by atoms with Crippen molar-refractivity contribution in [1.82, 2.24) is 10.2 Å². The number of rotatable bonds is 0. The highest BCUT2D eigenvalue weighted by Crippen LogP contribution is 2.16. The van der Waals surface area contributed by atoms with Crippen LogP contribution in [0.15, 0.2) is 11.8 Å². The van der Waals surface area contributed by atoms with E-state index in [0.717, 1.165) is 12.1 Å². The van der Waals surface area contributed by atoms with Gasteiger partial charge in [0.1, 0.15) is 0 Å². The zero-order valence-electron chi connectivity index (χ0n) is 5.96. The van der Waals surface area contributed by atoms with Crippen molar-refractivity contribution in [2.45, 2.75) is 6.42 Å². The second kappa shape index (κ2) is 2.08. The Balaban J connectivity index is 2.27. The molecule has 0 atom stereocenters. The molecular weight excluding hydrogens is 144 g/mol. The van der Waals surface area contributed by atoms with Crippen LogP contribution < -0.4 is 5.32 Å². The van der Waals surface area contributed by atoms with Gasteiger partial charge in [-0.05, 0) is 6.42 Å². The van der Waals surface area contributed by atoms with Crippen LogP contribution in [0.2, 0.25) is 0 Å². The Hall–Kier alpha value is -1.32. The number of hydrogen-bond acceptors (Lipinski definition) is 2. The molecule has 0 aliphatic carbocycles. The van der Waals surface area contributed by atoms with Crippen LogP contribution in [0, 0.1) is 0 Å². The van der Waals surface area contributed by atoms with Gasteiger partial charge in [0.2, 0.25) is 0 Å². The van der Waals surface area contributed by atoms with Gasteiger partial charge in [0.25, 0.3) is 0 Å². The van der Waals surface area contributed by atoms with Crippen LogP contribution in [0.4, 0.5) is 0 Å². The molecule has 11 heavy (non-hydrogen) atoms. The first-order valence-corrected chi connectivity index (χ1v) is 3.58. The van der Waals surface area contributed by atoms with Gasteiger partial charge in [-0.2, -0.15) is 0 Å². The van der Waals surface area contributed by atoms with Crippen LogP contribution in [0.1, 0.15) is 6.42 Å². The summed E-state index contributed by atoms with van der Waals surface area (Å²) in [4.78, 5) is 23.4. The summed E-state index contributed by atoms with van der Waals surface area (Å²) in [5.41, 5.74) is 0.939. The first-order valence-electron chi connectivity index (χ1n) is 3.58. The number of nitrogens with zero attached hydrogens (tertiary/aromatic N) is 1. The number of amides is 2. The van der Waals surface area contributed by atoms with Gasteiger partial charge in [-0.1, -0.05) is 6.08 Å². The maximum atomic E-state index is 11.1. The topological polar surface area (TPSA) is 49.4 Å². The molecule has 0 radical (unpaired) electrons. The van der Waals surface area contributed by atoms with Crippen LogP contribution in [0.5, 0.6) is 0 Å². The Kier molecular flexibility index (Phi) is 1.21. The van der Waals surface area contributed by atoms with E-state index in [1.807, 2.05) is 6.08 Å². The lowest BCUT2D eigenvalue weighted by Crippen LogP contribution is -2.49. The normalized spacial score (nSPS) is 22.9. The first kappa shape index (κ1) is 6.39. The summed E-state index contributed by atoms with van der Waals surface area (Å²) in [6.45, 7) is 1.17. The molecule has 2 rings (SSSR count). The second-order valence-corrected chi connectivity index (χ2v) is 2.62. The molecule has 2 heterocycles. The number of nitrogens with one attached hydrogen (secondary N) is 1. The number of carbonyl (C=O) groups excluding carboxylic acids is 2. The zero-order chi connectivity index (χ0) is 7.84. The Morgan fingerprint density at radius 2 is 2.27 bits per heavy atom. The van der Waals surface area contributed by atoms with Crippen LogP contribution in [0.3, 0.4) is 0 Å². The maximum Gasteiger partial charge on any atom is 0.316 e. The van der Waals surface area contributed by atoms with Crippen LogP contribution >= 0.6 is 0 Å². The molecule has 1 fully saturated rings. The maximum absolute atomic E-state index is 11.1. The third kappa shape index (κ3) is 0.824. The largest absolute Gasteiger partial charge is 0.342 e. The molecule has 4 heteroatoms. The van der Waals surface area contributed by atoms with E-state index < -0.39 is 11.8 Å². The van der Waals surface area contributed by atoms with Crippen LogP contribution in [0.25, 0.3) is 0 Å². The van der Waals surface area contributed by atoms with E-state index in [9.17, 15) is 9.59 Å². The summed E-state index contributed by atoms with van der Waals surface area (Å²) in [7, 11) is 0. The van der Waals surface area contributed by atoms with Crippen molar-refractivity contribution in [2.75, 3.05) is 13.1 Å². The fourth-order valence-electron chi connectivity index (χ4n) is 1.38. The molecule has 0 spiro atoms. The minimum Gasteiger partial charge on any atom is -0.342 e. The van der Waals surface area contributed by atoms with Crippen molar-refractivity contribution < 1.29 is 9.59 Å². The highest BCUT2D eigenvalue weighted by Gasteiger charge is 2.31. The monoisotopic (exact) mass is 152 g/mol. The van der Waals surface area contributed by atoms with Crippen molar-refractivity contribution in [2.24, 2.45) is 0 Å². The van der Waals surface area contributed by atoms with Gasteiger partial charge in [0.05, 0.1) is 6.54 Å². The summed E-state index contributed by atoms with van der Waals surface area (Å²) in [5, 5.41) is 2.50. The van der Waals surface area contributed by atoms with Crippen LogP contribution in [-0.2, 0) is 9.59 Å². The molecule has 1 saturated heterocycles. The first-order chi connectivity index (χ1) is 5.29. The fourth-order valence-corrected chi connectivity index (χ4v) is 1.38. The SMILES string of the molecule is O=C1NCC2=CCCN2C1=O. The van der Waals surface area contributed by atoms with E-state index in [2.05, 4.69) is 5.32 Å². The zero-order valence-corrected chi connectivity index (χ0v) is 5.96. The summed E-state index contributed by atoms with van der Waals surface area (Å²) in [6, 6.07) is 0. The van der Waals surface area contributed by atoms with E-state index >= 15 is 0 Å². The molecule has 2 amide bonds. The smallest absolute Gasteiger partial charge is 0.316 e. The number of piperazine rings is 1. The van der Waals surface area contributed by atoms with E-state index in [1.54, 1.807) is 4.90 Å². The van der Waals surface area contributed by atoms with Gasteiger partial charge in [-0.15, -0.1) is 0 Å². The standard InChI is InChI=1S/C7H8N2O2/c10-6-7(11)9-3-1-2-5(9)4-8-6/h2H,1,3-4H2,(H,8,10). The van der Waals surface area contributed by atoms with Crippen molar-refractivity contribution in [3.63, 3.8) is 0 Å². The van der Waals surface area contributed by atoms with Gasteiger partial charge < -0.3 is 10.2 Å². The predicted molar refractivity (Wildman–Crippen MR) is 37.4 cm³/mol. The Labute approximate surface area is 63.9 Å². The lowest BCUT2D eigenvalue weighted by atomic mass is 10.3. The Morgan fingerprint density at radius 1 is 1.45 bits per heavy atom. The minimum absolute atomic E-state index is 0.417. The number of hydrogen-bond donors (Lipinski definition) is 1. The van der Waals surface area contributed by atoms with E-state index in [1.165, 1.54) is 0 Å². The van der Waals surface area contributed by atoms with E-state index in [-0.39, 0.29) is 0 Å². The highest BCUT2D eigenvalue weighted by molar-refractivity contribution is 6.36. The average molecular weight is 152 g/mol. The highest BCUT2D eigenvalue weighted by atomic mass is 16.2. The molecular formula is C7H8N2O2. The minimum atomic E-state index is -0.482. The molecule has 1 N–H and O–H groups in total. The summed E-state index contributed by atoms with van der Waals surface area (Å²) >= 11 is 0. The van der Waals surface area contributed by atoms with Gasteiger partial charge in [-0.3, -0.25) is 9.59 Å². The quantitative estimate of drug-likeness (QED) is 0.463. The molecule has 0 unspecified atom stereocenters. The van der Waals surface area contributed by atoms with E-state index in [4.69, 9.17) is 0 Å². The number of fused-ring (bicyclic) bond motifs is 1. The summed E-state index contributed by atoms with van der Waals surface area (Å²) in [6.07, 6.45) is 2.85. The lowest BCUT2D eigenvalue weighted by molar-refractivity contribution is -0.145. The van der Waals surface area contributed by atoms with Gasteiger partial charge >= 0.3 is 11.8 Å². The third-order valence-corrected chi connectivity index (χ3v) is 1.95. The molecule has 0 aromatic carbocycles. The molecule has 0 saturated carbocycles. The Bertz CT molecular complexity index is 257. The van der Waals surface area contributed by atoms with Crippen LogP contribution in [-0.4, -0.2) is 29.8 Å². The van der Waals surface area contributed by atoms with Gasteiger partial charge in [0, 0.05) is 12.2 Å². The van der Waals surface area contributed by atoms with Crippen molar-refractivity contribution in [1.29, 1.82) is 0 Å². The summed E-state index contributed by atoms with van der Waals surface area (Å²) in [5.74, 6) is -0.899. The van der Waals surface area contributed by atoms with Gasteiger partial charge in [0.15, 0.2) is 0 Å². The van der Waals surface area contributed by atoms with Crippen molar-refractivity contribution in [3.8, 4) is 0 Å². The van der Waals surface area contributed by atoms with Gasteiger partial charge in [-0.25, -0.2) is 0 Å². The summed E-state index contributed by atoms with van der Waals surface area (Å²) < 4.78 is 0. The molecule has 0 aromatic rings. The molecule has 0 bridgehead atoms. The molecule has 0 aromatic heterocycles. The van der Waals surface area contributed by atoms with Crippen molar-refractivity contribution >= 4 is 11.8 Å². The lowest BCUT2D eigenvalue weighted by Gasteiger charge is -2.24. The van der Waals surface area contributed by atoms with Crippen molar-refractivity contribution in [3.05, 3.63) is 11.8 Å². The predicted octanol–water partition coefficient (Wildman–Crippen LogP) is -0.768. The Morgan fingerprint density at radius 3 is 3.09 bits per heavy atom. The molecule has 2 aliphatic heterocycles. The number of carbonyl (C=O) groups is 2. The molecule has 58 valence electrons. The molecule has 4 nitrogen and oxygen atoms in total.